The molecule has 0 saturated heterocycles. The van der Waals surface area contributed by atoms with Gasteiger partial charge in [-0.05, 0) is 41.4 Å². The van der Waals surface area contributed by atoms with Crippen molar-refractivity contribution in [1.82, 2.24) is 0 Å². The van der Waals surface area contributed by atoms with Crippen molar-refractivity contribution in [1.29, 1.82) is 0 Å². The normalized spacial score (nSPS) is 16.3. The molecule has 0 amide bonds. The summed E-state index contributed by atoms with van der Waals surface area (Å²) in [6.07, 6.45) is 2.92. The van der Waals surface area contributed by atoms with Gasteiger partial charge >= 0.3 is 5.97 Å². The third-order valence-electron chi connectivity index (χ3n) is 4.47. The molecule has 3 N–H and O–H groups in total. The highest BCUT2D eigenvalue weighted by Gasteiger charge is 2.33. The molecule has 1 aromatic carbocycles. The zero-order valence-electron chi connectivity index (χ0n) is 13.0. The average molecular weight is 315 g/mol. The highest BCUT2D eigenvalue weighted by Crippen LogP contribution is 2.45. The Kier molecular flexibility index (Phi) is 3.83. The molecule has 0 fully saturated rings. The molecule has 22 heavy (non-hydrogen) atoms. The topological polar surface area (TPSA) is 63.3 Å². The van der Waals surface area contributed by atoms with E-state index >= 15 is 0 Å². The summed E-state index contributed by atoms with van der Waals surface area (Å²) in [6, 6.07) is 7.85. The number of fused-ring (bicyclic) bond motifs is 1. The van der Waals surface area contributed by atoms with Gasteiger partial charge in [-0.3, -0.25) is 0 Å². The maximum Gasteiger partial charge on any atom is 0.337 e. The fourth-order valence-electron chi connectivity index (χ4n) is 3.26. The maximum absolute atomic E-state index is 11.9. The third-order valence-corrected chi connectivity index (χ3v) is 5.80. The minimum atomic E-state index is -0.822. The summed E-state index contributed by atoms with van der Waals surface area (Å²) in [5.41, 5.74) is 9.51. The summed E-state index contributed by atoms with van der Waals surface area (Å²) in [5, 5.41) is 9.78. The molecule has 2 aromatic rings. The van der Waals surface area contributed by atoms with E-state index in [0.717, 1.165) is 40.8 Å². The van der Waals surface area contributed by atoms with E-state index in [1.165, 1.54) is 4.88 Å². The first-order valence-electron chi connectivity index (χ1n) is 7.59. The first-order chi connectivity index (χ1) is 10.4. The summed E-state index contributed by atoms with van der Waals surface area (Å²) in [6.45, 7) is 4.85. The van der Waals surface area contributed by atoms with Gasteiger partial charge in [0, 0.05) is 16.3 Å². The zero-order chi connectivity index (χ0) is 15.9. The minimum absolute atomic E-state index is 0.170. The van der Waals surface area contributed by atoms with Gasteiger partial charge in [0.25, 0.3) is 0 Å². The Bertz CT molecular complexity index is 731. The monoisotopic (exact) mass is 315 g/mol. The lowest BCUT2D eigenvalue weighted by Crippen LogP contribution is -2.22. The highest BCUT2D eigenvalue weighted by atomic mass is 32.1. The molecule has 0 radical (unpaired) electrons. The SMILES string of the molecule is CC1(C)CCc2sc(-c3ccccc3CN)c(C(=O)O)c2C1. The molecule has 0 saturated carbocycles. The number of nitrogens with two attached hydrogens (primary N) is 1. The standard InChI is InChI=1S/C18H21NO2S/c1-18(2)8-7-14-13(9-18)15(17(20)21)16(22-14)12-6-4-3-5-11(12)10-19/h3-6H,7-10,19H2,1-2H3,(H,20,21). The Morgan fingerprint density at radius 2 is 2.09 bits per heavy atom. The number of thiophene rings is 1. The molecule has 0 spiro atoms. The van der Waals surface area contributed by atoms with E-state index in [-0.39, 0.29) is 5.41 Å². The molecular formula is C18H21NO2S. The maximum atomic E-state index is 11.9. The van der Waals surface area contributed by atoms with Crippen molar-refractivity contribution in [3.8, 4) is 10.4 Å². The molecule has 1 aliphatic rings. The van der Waals surface area contributed by atoms with E-state index in [0.29, 0.717) is 12.1 Å². The Morgan fingerprint density at radius 1 is 1.36 bits per heavy atom. The van der Waals surface area contributed by atoms with Gasteiger partial charge < -0.3 is 10.8 Å². The molecule has 1 heterocycles. The van der Waals surface area contributed by atoms with Crippen molar-refractivity contribution < 1.29 is 9.90 Å². The summed E-state index contributed by atoms with van der Waals surface area (Å²) in [4.78, 5) is 14.0. The Morgan fingerprint density at radius 3 is 2.77 bits per heavy atom. The molecule has 0 atom stereocenters. The second-order valence-corrected chi connectivity index (χ2v) is 7.82. The zero-order valence-corrected chi connectivity index (χ0v) is 13.8. The Hall–Kier alpha value is -1.65. The second kappa shape index (κ2) is 5.52. The van der Waals surface area contributed by atoms with Crippen LogP contribution in [0.1, 0.15) is 46.6 Å². The minimum Gasteiger partial charge on any atom is -0.478 e. The lowest BCUT2D eigenvalue weighted by molar-refractivity contribution is 0.0696. The number of rotatable bonds is 3. The van der Waals surface area contributed by atoms with Gasteiger partial charge in [0.2, 0.25) is 0 Å². The second-order valence-electron chi connectivity index (χ2n) is 6.72. The number of hydrogen-bond acceptors (Lipinski definition) is 3. The smallest absolute Gasteiger partial charge is 0.337 e. The van der Waals surface area contributed by atoms with E-state index in [9.17, 15) is 9.90 Å². The number of benzene rings is 1. The van der Waals surface area contributed by atoms with Gasteiger partial charge in [0.05, 0.1) is 5.56 Å². The number of carboxylic acid groups (broad SMARTS) is 1. The summed E-state index contributed by atoms with van der Waals surface area (Å²) < 4.78 is 0. The summed E-state index contributed by atoms with van der Waals surface area (Å²) in [5.74, 6) is -0.822. The Labute approximate surface area is 134 Å². The van der Waals surface area contributed by atoms with Gasteiger partial charge in [-0.1, -0.05) is 38.1 Å². The number of aryl methyl sites for hydroxylation is 1. The van der Waals surface area contributed by atoms with Crippen LogP contribution in [0.2, 0.25) is 0 Å². The van der Waals surface area contributed by atoms with Gasteiger partial charge in [-0.15, -0.1) is 11.3 Å². The first-order valence-corrected chi connectivity index (χ1v) is 8.41. The Balaban J connectivity index is 2.21. The van der Waals surface area contributed by atoms with Crippen LogP contribution in [0.4, 0.5) is 0 Å². The van der Waals surface area contributed by atoms with Crippen LogP contribution < -0.4 is 5.73 Å². The molecule has 3 nitrogen and oxygen atoms in total. The molecule has 0 aliphatic heterocycles. The van der Waals surface area contributed by atoms with Crippen LogP contribution in [-0.4, -0.2) is 11.1 Å². The molecule has 3 rings (SSSR count). The fourth-order valence-corrected chi connectivity index (χ4v) is 4.63. The van der Waals surface area contributed by atoms with Crippen LogP contribution in [0.25, 0.3) is 10.4 Å². The number of carboxylic acids is 1. The van der Waals surface area contributed by atoms with Crippen molar-refractivity contribution in [2.75, 3.05) is 0 Å². The van der Waals surface area contributed by atoms with Gasteiger partial charge in [0.1, 0.15) is 0 Å². The van der Waals surface area contributed by atoms with Crippen LogP contribution in [0, 0.1) is 5.41 Å². The largest absolute Gasteiger partial charge is 0.478 e. The summed E-state index contributed by atoms with van der Waals surface area (Å²) >= 11 is 1.64. The number of aromatic carboxylic acids is 1. The van der Waals surface area contributed by atoms with Crippen LogP contribution in [0.3, 0.4) is 0 Å². The quantitative estimate of drug-likeness (QED) is 0.897. The van der Waals surface area contributed by atoms with Crippen molar-refractivity contribution in [2.45, 2.75) is 39.7 Å². The molecule has 0 unspecified atom stereocenters. The van der Waals surface area contributed by atoms with Crippen LogP contribution in [0.15, 0.2) is 24.3 Å². The molecule has 4 heteroatoms. The first kappa shape index (κ1) is 15.3. The van der Waals surface area contributed by atoms with Crippen LogP contribution >= 0.6 is 11.3 Å². The average Bonchev–Trinajstić information content (AvgIpc) is 2.84. The molecule has 116 valence electrons. The predicted octanol–water partition coefficient (Wildman–Crippen LogP) is 4.09. The van der Waals surface area contributed by atoms with E-state index in [4.69, 9.17) is 5.73 Å². The molecule has 1 aliphatic carbocycles. The highest BCUT2D eigenvalue weighted by molar-refractivity contribution is 7.16. The van der Waals surface area contributed by atoms with Crippen molar-refractivity contribution in [3.05, 3.63) is 45.8 Å². The van der Waals surface area contributed by atoms with E-state index < -0.39 is 5.97 Å². The lowest BCUT2D eigenvalue weighted by atomic mass is 9.76. The lowest BCUT2D eigenvalue weighted by Gasteiger charge is -2.29. The van der Waals surface area contributed by atoms with E-state index in [1.54, 1.807) is 11.3 Å². The van der Waals surface area contributed by atoms with Gasteiger partial charge in [0.15, 0.2) is 0 Å². The van der Waals surface area contributed by atoms with E-state index in [2.05, 4.69) is 13.8 Å². The van der Waals surface area contributed by atoms with Gasteiger partial charge in [-0.2, -0.15) is 0 Å². The number of carbonyl (C=O) groups is 1. The fraction of sp³-hybridized carbons (Fsp3) is 0.389. The van der Waals surface area contributed by atoms with Crippen molar-refractivity contribution in [2.24, 2.45) is 11.1 Å². The third kappa shape index (κ3) is 2.57. The van der Waals surface area contributed by atoms with Crippen molar-refractivity contribution in [3.63, 3.8) is 0 Å². The predicted molar refractivity (Wildman–Crippen MR) is 90.4 cm³/mol. The van der Waals surface area contributed by atoms with Crippen LogP contribution in [0.5, 0.6) is 0 Å². The van der Waals surface area contributed by atoms with Crippen LogP contribution in [-0.2, 0) is 19.4 Å². The molecule has 0 bridgehead atoms. The van der Waals surface area contributed by atoms with Crippen molar-refractivity contribution >= 4 is 17.3 Å². The van der Waals surface area contributed by atoms with Gasteiger partial charge in [-0.25, -0.2) is 4.79 Å². The number of hydrogen-bond donors (Lipinski definition) is 2. The molecular weight excluding hydrogens is 294 g/mol. The molecule has 1 aromatic heterocycles. The summed E-state index contributed by atoms with van der Waals surface area (Å²) in [7, 11) is 0. The van der Waals surface area contributed by atoms with E-state index in [1.807, 2.05) is 24.3 Å².